The molecule has 0 heterocycles. The van der Waals surface area contributed by atoms with Crippen molar-refractivity contribution in [2.45, 2.75) is 36.5 Å². The summed E-state index contributed by atoms with van der Waals surface area (Å²) >= 11 is 3.22. The van der Waals surface area contributed by atoms with E-state index in [2.05, 4.69) is 20.7 Å². The Kier molecular flexibility index (Phi) is 4.76. The van der Waals surface area contributed by atoms with E-state index in [1.807, 2.05) is 0 Å². The van der Waals surface area contributed by atoms with Crippen molar-refractivity contribution >= 4 is 31.9 Å². The van der Waals surface area contributed by atoms with E-state index < -0.39 is 21.5 Å². The Bertz CT molecular complexity index is 590. The fraction of sp³-hybridized carbons (Fsp3) is 0.417. The van der Waals surface area contributed by atoms with Gasteiger partial charge in [-0.25, -0.2) is 17.9 Å². The quantitative estimate of drug-likeness (QED) is 0.817. The molecule has 7 heteroatoms. The molecule has 0 aromatic heterocycles. The highest BCUT2D eigenvalue weighted by Crippen LogP contribution is 2.21. The molecular weight excluding hydrogens is 334 g/mol. The first kappa shape index (κ1) is 16.1. The molecule has 0 spiro atoms. The van der Waals surface area contributed by atoms with Crippen LogP contribution in [0.15, 0.2) is 23.1 Å². The van der Waals surface area contributed by atoms with Crippen LogP contribution in [-0.2, 0) is 15.4 Å². The van der Waals surface area contributed by atoms with Crippen molar-refractivity contribution in [3.05, 3.63) is 29.3 Å². The fourth-order valence-electron chi connectivity index (χ4n) is 1.51. The van der Waals surface area contributed by atoms with Crippen LogP contribution in [0.4, 0.5) is 0 Å². The second-order valence-electron chi connectivity index (χ2n) is 5.12. The van der Waals surface area contributed by atoms with E-state index in [0.717, 1.165) is 0 Å². The Labute approximate surface area is 121 Å². The molecule has 1 aromatic carbocycles. The molecule has 0 atom stereocenters. The summed E-state index contributed by atoms with van der Waals surface area (Å²) in [5.41, 5.74) is -0.223. The van der Waals surface area contributed by atoms with Crippen LogP contribution in [0.3, 0.4) is 0 Å². The summed E-state index contributed by atoms with van der Waals surface area (Å²) in [5.74, 6) is -1.27. The predicted octanol–water partition coefficient (Wildman–Crippen LogP) is 2.36. The Balaban J connectivity index is 3.42. The predicted molar refractivity (Wildman–Crippen MR) is 76.1 cm³/mol. The monoisotopic (exact) mass is 349 g/mol. The van der Waals surface area contributed by atoms with E-state index in [1.165, 1.54) is 12.1 Å². The molecule has 0 fully saturated rings. The first-order chi connectivity index (χ1) is 8.57. The van der Waals surface area contributed by atoms with Crippen molar-refractivity contribution in [2.75, 3.05) is 0 Å². The number of nitrogens with one attached hydrogen (secondary N) is 1. The van der Waals surface area contributed by atoms with Crippen molar-refractivity contribution in [1.29, 1.82) is 0 Å². The van der Waals surface area contributed by atoms with Crippen molar-refractivity contribution in [3.63, 3.8) is 0 Å². The first-order valence-corrected chi connectivity index (χ1v) is 8.13. The van der Waals surface area contributed by atoms with Crippen LogP contribution in [-0.4, -0.2) is 25.0 Å². The molecule has 0 saturated carbocycles. The van der Waals surface area contributed by atoms with Crippen LogP contribution >= 0.6 is 15.9 Å². The van der Waals surface area contributed by atoms with Gasteiger partial charge in [-0.15, -0.1) is 0 Å². The summed E-state index contributed by atoms with van der Waals surface area (Å²) in [6.45, 7) is 5.08. The van der Waals surface area contributed by atoms with Gasteiger partial charge in [0, 0.05) is 10.9 Å². The SMILES string of the molecule is CC(C)(C)NS(=O)(=O)c1cc(CBr)ccc1C(=O)O. The second-order valence-corrected chi connectivity index (χ2v) is 7.34. The number of aromatic carboxylic acids is 1. The zero-order valence-electron chi connectivity index (χ0n) is 10.9. The van der Waals surface area contributed by atoms with Gasteiger partial charge in [-0.2, -0.15) is 0 Å². The third-order valence-corrected chi connectivity index (χ3v) is 4.61. The minimum Gasteiger partial charge on any atom is -0.478 e. The molecule has 1 rings (SSSR count). The lowest BCUT2D eigenvalue weighted by molar-refractivity contribution is 0.0692. The van der Waals surface area contributed by atoms with E-state index >= 15 is 0 Å². The number of sulfonamides is 1. The van der Waals surface area contributed by atoms with Crippen LogP contribution in [0.25, 0.3) is 0 Å². The lowest BCUT2D eigenvalue weighted by atomic mass is 10.1. The molecule has 19 heavy (non-hydrogen) atoms. The number of rotatable bonds is 4. The Morgan fingerprint density at radius 3 is 2.37 bits per heavy atom. The van der Waals surface area contributed by atoms with Crippen LogP contribution in [0, 0.1) is 0 Å². The van der Waals surface area contributed by atoms with E-state index in [0.29, 0.717) is 10.9 Å². The molecule has 0 aliphatic rings. The molecule has 0 aliphatic heterocycles. The van der Waals surface area contributed by atoms with Crippen molar-refractivity contribution in [2.24, 2.45) is 0 Å². The molecule has 0 saturated heterocycles. The lowest BCUT2D eigenvalue weighted by Crippen LogP contribution is -2.41. The Morgan fingerprint density at radius 2 is 1.95 bits per heavy atom. The minimum atomic E-state index is -3.88. The van der Waals surface area contributed by atoms with Gasteiger partial charge in [0.25, 0.3) is 0 Å². The van der Waals surface area contributed by atoms with Gasteiger partial charge in [0.05, 0.1) is 10.5 Å². The maximum atomic E-state index is 12.3. The second kappa shape index (κ2) is 5.60. The average molecular weight is 350 g/mol. The summed E-state index contributed by atoms with van der Waals surface area (Å²) < 4.78 is 27.0. The Morgan fingerprint density at radius 1 is 1.37 bits per heavy atom. The molecular formula is C12H16BrNO4S. The smallest absolute Gasteiger partial charge is 0.337 e. The maximum absolute atomic E-state index is 12.3. The number of halogens is 1. The molecule has 5 nitrogen and oxygen atoms in total. The van der Waals surface area contributed by atoms with Crippen molar-refractivity contribution in [1.82, 2.24) is 4.72 Å². The summed E-state index contributed by atoms with van der Waals surface area (Å²) in [6, 6.07) is 4.25. The molecule has 0 unspecified atom stereocenters. The number of hydrogen-bond acceptors (Lipinski definition) is 3. The molecule has 0 radical (unpaired) electrons. The largest absolute Gasteiger partial charge is 0.478 e. The standard InChI is InChI=1S/C12H16BrNO4S/c1-12(2,3)14-19(17,18)10-6-8(7-13)4-5-9(10)11(15)16/h4-6,14H,7H2,1-3H3,(H,15,16). The maximum Gasteiger partial charge on any atom is 0.337 e. The summed E-state index contributed by atoms with van der Waals surface area (Å²) in [7, 11) is -3.88. The third-order valence-electron chi connectivity index (χ3n) is 2.16. The number of carboxylic acids is 1. The normalized spacial score (nSPS) is 12.4. The average Bonchev–Trinajstić information content (AvgIpc) is 2.24. The molecule has 0 bridgehead atoms. The van der Waals surface area contributed by atoms with E-state index in [-0.39, 0.29) is 10.5 Å². The van der Waals surface area contributed by atoms with Gasteiger partial charge in [0.2, 0.25) is 10.0 Å². The zero-order valence-corrected chi connectivity index (χ0v) is 13.3. The highest BCUT2D eigenvalue weighted by atomic mass is 79.9. The van der Waals surface area contributed by atoms with Gasteiger partial charge in [0.15, 0.2) is 0 Å². The minimum absolute atomic E-state index is 0.216. The number of hydrogen-bond donors (Lipinski definition) is 2. The van der Waals surface area contributed by atoms with Crippen molar-refractivity contribution < 1.29 is 18.3 Å². The van der Waals surface area contributed by atoms with Gasteiger partial charge < -0.3 is 5.11 Å². The van der Waals surface area contributed by atoms with Gasteiger partial charge >= 0.3 is 5.97 Å². The van der Waals surface area contributed by atoms with Gasteiger partial charge in [0.1, 0.15) is 0 Å². The van der Waals surface area contributed by atoms with Gasteiger partial charge in [-0.05, 0) is 38.5 Å². The van der Waals surface area contributed by atoms with Crippen LogP contribution in [0.5, 0.6) is 0 Å². The zero-order chi connectivity index (χ0) is 14.8. The molecule has 2 N–H and O–H groups in total. The number of carboxylic acid groups (broad SMARTS) is 1. The van der Waals surface area contributed by atoms with E-state index in [4.69, 9.17) is 5.11 Å². The van der Waals surface area contributed by atoms with Crippen LogP contribution in [0.1, 0.15) is 36.7 Å². The summed E-state index contributed by atoms with van der Waals surface area (Å²) in [6.07, 6.45) is 0. The summed E-state index contributed by atoms with van der Waals surface area (Å²) in [4.78, 5) is 10.9. The molecule has 0 aliphatic carbocycles. The van der Waals surface area contributed by atoms with E-state index in [9.17, 15) is 13.2 Å². The number of alkyl halides is 1. The topological polar surface area (TPSA) is 83.5 Å². The highest BCUT2D eigenvalue weighted by molar-refractivity contribution is 9.08. The van der Waals surface area contributed by atoms with Crippen molar-refractivity contribution in [3.8, 4) is 0 Å². The van der Waals surface area contributed by atoms with E-state index in [1.54, 1.807) is 26.8 Å². The lowest BCUT2D eigenvalue weighted by Gasteiger charge is -2.21. The fourth-order valence-corrected chi connectivity index (χ4v) is 3.52. The third kappa shape index (κ3) is 4.29. The Hall–Kier alpha value is -0.920. The highest BCUT2D eigenvalue weighted by Gasteiger charge is 2.26. The van der Waals surface area contributed by atoms with Crippen LogP contribution in [0.2, 0.25) is 0 Å². The first-order valence-electron chi connectivity index (χ1n) is 5.53. The molecule has 1 aromatic rings. The molecule has 106 valence electrons. The number of carbonyl (C=O) groups is 1. The van der Waals surface area contributed by atoms with Crippen LogP contribution < -0.4 is 4.72 Å². The van der Waals surface area contributed by atoms with Gasteiger partial charge in [-0.3, -0.25) is 0 Å². The van der Waals surface area contributed by atoms with Gasteiger partial charge in [-0.1, -0.05) is 22.0 Å². The number of benzene rings is 1. The molecule has 0 amide bonds. The summed E-state index contributed by atoms with van der Waals surface area (Å²) in [5, 5.41) is 9.54.